The fourth-order valence-corrected chi connectivity index (χ4v) is 1.16. The highest BCUT2D eigenvalue weighted by atomic mass is 13.9. The van der Waals surface area contributed by atoms with Crippen LogP contribution < -0.4 is 0 Å². The Bertz CT molecular complexity index is 140. The Morgan fingerprint density at radius 1 is 1.00 bits per heavy atom. The molecule has 0 aromatic carbocycles. The molecule has 0 amide bonds. The number of rotatable bonds is 7. The quantitative estimate of drug-likeness (QED) is 0.392. The van der Waals surface area contributed by atoms with Crippen LogP contribution in [0, 0.1) is 5.92 Å². The minimum absolute atomic E-state index is 0.688. The Morgan fingerprint density at radius 2 is 1.77 bits per heavy atom. The van der Waals surface area contributed by atoms with Crippen LogP contribution in [0.2, 0.25) is 0 Å². The lowest BCUT2D eigenvalue weighted by Crippen LogP contribution is -1.75. The molecule has 0 unspecified atom stereocenters. The highest BCUT2D eigenvalue weighted by Crippen LogP contribution is 2.01. The van der Waals surface area contributed by atoms with Gasteiger partial charge < -0.3 is 0 Å². The smallest absolute Gasteiger partial charge is 0.0169 e. The lowest BCUT2D eigenvalue weighted by molar-refractivity contribution is 0.728. The normalized spacial score (nSPS) is 12.3. The summed E-state index contributed by atoms with van der Waals surface area (Å²) >= 11 is 0. The summed E-state index contributed by atoms with van der Waals surface area (Å²) in [5.41, 5.74) is 0. The van der Waals surface area contributed by atoms with Gasteiger partial charge in [0.25, 0.3) is 0 Å². The average Bonchev–Trinajstić information content (AvgIpc) is 2.09. The summed E-state index contributed by atoms with van der Waals surface area (Å²) in [5.74, 6) is 0.688. The third kappa shape index (κ3) is 11.5. The largest absolute Gasteiger partial charge is 0.0882 e. The molecule has 0 rings (SSSR count). The number of allylic oxidation sites excluding steroid dienone is 4. The molecule has 0 fully saturated rings. The topological polar surface area (TPSA) is 0 Å². The molecular formula is C13H24. The van der Waals surface area contributed by atoms with E-state index in [2.05, 4.69) is 45.1 Å². The molecule has 0 bridgehead atoms. The van der Waals surface area contributed by atoms with Gasteiger partial charge in [-0.1, -0.05) is 57.9 Å². The first-order chi connectivity index (χ1) is 6.27. The molecule has 0 nitrogen and oxygen atoms in total. The van der Waals surface area contributed by atoms with Gasteiger partial charge in [0, 0.05) is 0 Å². The lowest BCUT2D eigenvalue weighted by Gasteiger charge is -1.92. The maximum absolute atomic E-state index is 2.31. The number of hydrogen-bond donors (Lipinski definition) is 0. The predicted octanol–water partition coefficient (Wildman–Crippen LogP) is 4.73. The molecule has 0 aliphatic heterocycles. The van der Waals surface area contributed by atoms with Crippen LogP contribution in [0.4, 0.5) is 0 Å². The average molecular weight is 180 g/mol. The zero-order chi connectivity index (χ0) is 9.94. The van der Waals surface area contributed by atoms with Gasteiger partial charge in [-0.2, -0.15) is 0 Å². The molecule has 0 saturated carbocycles. The monoisotopic (exact) mass is 180 g/mol. The van der Waals surface area contributed by atoms with E-state index < -0.39 is 0 Å². The molecular weight excluding hydrogens is 156 g/mol. The Balaban J connectivity index is 3.21. The highest BCUT2D eigenvalue weighted by molar-refractivity contribution is 4.93. The Kier molecular flexibility index (Phi) is 9.18. The van der Waals surface area contributed by atoms with Crippen molar-refractivity contribution in [2.45, 2.75) is 52.9 Å². The molecule has 0 radical (unpaired) electrons. The second-order valence-corrected chi connectivity index (χ2v) is 3.88. The van der Waals surface area contributed by atoms with E-state index in [-0.39, 0.29) is 0 Å². The van der Waals surface area contributed by atoms with Crippen molar-refractivity contribution in [3.8, 4) is 0 Å². The van der Waals surface area contributed by atoms with Crippen molar-refractivity contribution in [2.75, 3.05) is 0 Å². The van der Waals surface area contributed by atoms with Gasteiger partial charge in [0.1, 0.15) is 0 Å². The molecule has 0 heterocycles. The van der Waals surface area contributed by atoms with E-state index in [9.17, 15) is 0 Å². The molecule has 76 valence electrons. The van der Waals surface area contributed by atoms with Gasteiger partial charge >= 0.3 is 0 Å². The summed E-state index contributed by atoms with van der Waals surface area (Å²) in [6.07, 6.45) is 15.5. The van der Waals surface area contributed by atoms with E-state index >= 15 is 0 Å². The van der Waals surface area contributed by atoms with Crippen molar-refractivity contribution in [3.05, 3.63) is 24.3 Å². The van der Waals surface area contributed by atoms with Crippen LogP contribution in [0.1, 0.15) is 52.9 Å². The molecule has 0 aromatic rings. The summed E-state index contributed by atoms with van der Waals surface area (Å²) in [5, 5.41) is 0. The summed E-state index contributed by atoms with van der Waals surface area (Å²) in [7, 11) is 0. The Labute approximate surface area is 83.7 Å². The van der Waals surface area contributed by atoms with E-state index in [4.69, 9.17) is 0 Å². The standard InChI is InChI=1S/C13H24/c1-4-5-6-7-8-9-10-11-12-13(2)3/h8-9,11-13H,4-7,10H2,1-3H3/b9-8-,12-11-. The summed E-state index contributed by atoms with van der Waals surface area (Å²) in [6.45, 7) is 6.66. The van der Waals surface area contributed by atoms with Gasteiger partial charge in [0.2, 0.25) is 0 Å². The lowest BCUT2D eigenvalue weighted by atomic mass is 10.1. The van der Waals surface area contributed by atoms with E-state index in [1.165, 1.54) is 25.7 Å². The predicted molar refractivity (Wildman–Crippen MR) is 61.9 cm³/mol. The van der Waals surface area contributed by atoms with Crippen LogP contribution >= 0.6 is 0 Å². The maximum atomic E-state index is 2.31. The maximum Gasteiger partial charge on any atom is -0.0169 e. The number of hydrogen-bond acceptors (Lipinski definition) is 0. The first-order valence-electron chi connectivity index (χ1n) is 5.59. The SMILES string of the molecule is CCCCC/C=C\C/C=C\C(C)C. The number of unbranched alkanes of at least 4 members (excludes halogenated alkanes) is 3. The van der Waals surface area contributed by atoms with Crippen molar-refractivity contribution in [1.82, 2.24) is 0 Å². The minimum atomic E-state index is 0.688. The molecule has 0 aliphatic carbocycles. The van der Waals surface area contributed by atoms with E-state index in [1.54, 1.807) is 0 Å². The van der Waals surface area contributed by atoms with Gasteiger partial charge in [0.05, 0.1) is 0 Å². The van der Waals surface area contributed by atoms with Crippen molar-refractivity contribution in [2.24, 2.45) is 5.92 Å². The molecule has 0 atom stereocenters. The first-order valence-corrected chi connectivity index (χ1v) is 5.59. The van der Waals surface area contributed by atoms with Gasteiger partial charge in [-0.25, -0.2) is 0 Å². The third-order valence-electron chi connectivity index (χ3n) is 1.93. The third-order valence-corrected chi connectivity index (χ3v) is 1.93. The van der Waals surface area contributed by atoms with Crippen LogP contribution in [0.25, 0.3) is 0 Å². The fraction of sp³-hybridized carbons (Fsp3) is 0.692. The molecule has 13 heavy (non-hydrogen) atoms. The van der Waals surface area contributed by atoms with Crippen molar-refractivity contribution < 1.29 is 0 Å². The molecule has 0 aromatic heterocycles. The minimum Gasteiger partial charge on any atom is -0.0882 e. The van der Waals surface area contributed by atoms with Crippen LogP contribution in [-0.4, -0.2) is 0 Å². The molecule has 0 N–H and O–H groups in total. The van der Waals surface area contributed by atoms with E-state index in [0.717, 1.165) is 6.42 Å². The highest BCUT2D eigenvalue weighted by Gasteiger charge is 1.82. The van der Waals surface area contributed by atoms with E-state index in [1.807, 2.05) is 0 Å². The van der Waals surface area contributed by atoms with E-state index in [0.29, 0.717) is 5.92 Å². The first kappa shape index (κ1) is 12.5. The second-order valence-electron chi connectivity index (χ2n) is 3.88. The zero-order valence-corrected chi connectivity index (χ0v) is 9.42. The Hall–Kier alpha value is -0.520. The van der Waals surface area contributed by atoms with Gasteiger partial charge in [-0.3, -0.25) is 0 Å². The summed E-state index contributed by atoms with van der Waals surface area (Å²) in [4.78, 5) is 0. The van der Waals surface area contributed by atoms with Crippen LogP contribution in [0.15, 0.2) is 24.3 Å². The van der Waals surface area contributed by atoms with Crippen molar-refractivity contribution >= 4 is 0 Å². The summed E-state index contributed by atoms with van der Waals surface area (Å²) in [6, 6.07) is 0. The fourth-order valence-electron chi connectivity index (χ4n) is 1.16. The van der Waals surface area contributed by atoms with Crippen molar-refractivity contribution in [3.63, 3.8) is 0 Å². The van der Waals surface area contributed by atoms with Gasteiger partial charge in [0.15, 0.2) is 0 Å². The van der Waals surface area contributed by atoms with Crippen LogP contribution in [-0.2, 0) is 0 Å². The van der Waals surface area contributed by atoms with Gasteiger partial charge in [-0.15, -0.1) is 0 Å². The van der Waals surface area contributed by atoms with Crippen molar-refractivity contribution in [1.29, 1.82) is 0 Å². The summed E-state index contributed by atoms with van der Waals surface area (Å²) < 4.78 is 0. The molecule has 0 heteroatoms. The van der Waals surface area contributed by atoms with Crippen LogP contribution in [0.5, 0.6) is 0 Å². The zero-order valence-electron chi connectivity index (χ0n) is 9.42. The van der Waals surface area contributed by atoms with Crippen LogP contribution in [0.3, 0.4) is 0 Å². The molecule has 0 saturated heterocycles. The van der Waals surface area contributed by atoms with Gasteiger partial charge in [-0.05, 0) is 25.2 Å². The Morgan fingerprint density at radius 3 is 2.38 bits per heavy atom. The molecule has 0 aliphatic rings. The molecule has 0 spiro atoms. The second kappa shape index (κ2) is 9.57.